The number of rotatable bonds is 12. The van der Waals surface area contributed by atoms with Crippen molar-refractivity contribution in [3.05, 3.63) is 117 Å². The van der Waals surface area contributed by atoms with E-state index in [0.29, 0.717) is 41.3 Å². The Morgan fingerprint density at radius 2 is 1.51 bits per heavy atom. The quantitative estimate of drug-likeness (QED) is 0.175. The van der Waals surface area contributed by atoms with E-state index in [1.54, 1.807) is 0 Å². The normalized spacial score (nSPS) is 11.8. The van der Waals surface area contributed by atoms with Crippen molar-refractivity contribution in [1.82, 2.24) is 0 Å². The Morgan fingerprint density at radius 1 is 0.821 bits per heavy atom. The van der Waals surface area contributed by atoms with Crippen molar-refractivity contribution in [2.45, 2.75) is 46.0 Å². The van der Waals surface area contributed by atoms with Crippen LogP contribution in [0.15, 0.2) is 78.9 Å². The molecule has 0 bridgehead atoms. The molecular formula is C34H36Cl2O3. The standard InChI is InChI=1S/C34H36Cl2O3/c1-4-26(30-14-11-28(21-24(30)3)31-8-6-5-7-27(31)15-16-37)22-25-9-12-29(13-10-25)38-17-18-39-34-32(35)19-23(2)20-33(34)36/h5-14,19-21,26,37H,4,15-18,22H2,1-3H3. The number of benzene rings is 4. The summed E-state index contributed by atoms with van der Waals surface area (Å²) in [4.78, 5) is 0. The summed E-state index contributed by atoms with van der Waals surface area (Å²) in [7, 11) is 0. The second-order valence-corrected chi connectivity index (χ2v) is 10.7. The molecule has 1 N–H and O–H groups in total. The predicted molar refractivity (Wildman–Crippen MR) is 163 cm³/mol. The zero-order chi connectivity index (χ0) is 27.8. The van der Waals surface area contributed by atoms with Crippen LogP contribution in [-0.2, 0) is 12.8 Å². The maximum absolute atomic E-state index is 9.45. The number of hydrogen-bond acceptors (Lipinski definition) is 3. The van der Waals surface area contributed by atoms with Crippen molar-refractivity contribution < 1.29 is 14.6 Å². The highest BCUT2D eigenvalue weighted by Gasteiger charge is 2.15. The molecular weight excluding hydrogens is 527 g/mol. The van der Waals surface area contributed by atoms with Gasteiger partial charge in [-0.25, -0.2) is 0 Å². The van der Waals surface area contributed by atoms with Gasteiger partial charge in [0.1, 0.15) is 19.0 Å². The van der Waals surface area contributed by atoms with Crippen LogP contribution in [0.1, 0.15) is 47.1 Å². The van der Waals surface area contributed by atoms with Crippen LogP contribution in [0.4, 0.5) is 0 Å². The third-order valence-corrected chi connectivity index (χ3v) is 7.62. The third kappa shape index (κ3) is 7.57. The van der Waals surface area contributed by atoms with Gasteiger partial charge in [0, 0.05) is 6.61 Å². The third-order valence-electron chi connectivity index (χ3n) is 7.06. The zero-order valence-electron chi connectivity index (χ0n) is 22.8. The molecule has 0 saturated heterocycles. The summed E-state index contributed by atoms with van der Waals surface area (Å²) < 4.78 is 11.6. The van der Waals surface area contributed by atoms with Crippen molar-refractivity contribution in [3.63, 3.8) is 0 Å². The fraction of sp³-hybridized carbons (Fsp3) is 0.294. The molecule has 1 unspecified atom stereocenters. The first-order valence-electron chi connectivity index (χ1n) is 13.5. The second-order valence-electron chi connectivity index (χ2n) is 9.91. The number of ether oxygens (including phenoxy) is 2. The molecule has 0 aliphatic heterocycles. The number of halogens is 2. The van der Waals surface area contributed by atoms with Crippen LogP contribution in [-0.4, -0.2) is 24.9 Å². The largest absolute Gasteiger partial charge is 0.490 e. The van der Waals surface area contributed by atoms with Gasteiger partial charge in [-0.2, -0.15) is 0 Å². The summed E-state index contributed by atoms with van der Waals surface area (Å²) in [5.74, 6) is 1.72. The maximum atomic E-state index is 9.45. The Labute approximate surface area is 242 Å². The topological polar surface area (TPSA) is 38.7 Å². The fourth-order valence-electron chi connectivity index (χ4n) is 5.05. The van der Waals surface area contributed by atoms with E-state index in [2.05, 4.69) is 62.4 Å². The van der Waals surface area contributed by atoms with E-state index in [1.807, 2.05) is 37.3 Å². The molecule has 0 aliphatic rings. The summed E-state index contributed by atoms with van der Waals surface area (Å²) in [5.41, 5.74) is 8.52. The van der Waals surface area contributed by atoms with E-state index in [1.165, 1.54) is 33.4 Å². The van der Waals surface area contributed by atoms with Crippen LogP contribution in [0.2, 0.25) is 10.0 Å². The lowest BCUT2D eigenvalue weighted by Gasteiger charge is -2.20. The molecule has 5 heteroatoms. The van der Waals surface area contributed by atoms with Crippen LogP contribution in [0.3, 0.4) is 0 Å². The van der Waals surface area contributed by atoms with Gasteiger partial charge in [0.2, 0.25) is 0 Å². The SMILES string of the molecule is CCC(Cc1ccc(OCCOc2c(Cl)cc(C)cc2Cl)cc1)c1ccc(-c2ccccc2CCO)cc1C. The highest BCUT2D eigenvalue weighted by molar-refractivity contribution is 6.37. The molecule has 204 valence electrons. The van der Waals surface area contributed by atoms with Crippen molar-refractivity contribution in [3.8, 4) is 22.6 Å². The molecule has 0 aromatic heterocycles. The Balaban J connectivity index is 1.35. The van der Waals surface area contributed by atoms with Crippen LogP contribution in [0.25, 0.3) is 11.1 Å². The minimum absolute atomic E-state index is 0.154. The van der Waals surface area contributed by atoms with Crippen LogP contribution in [0.5, 0.6) is 11.5 Å². The van der Waals surface area contributed by atoms with Gasteiger partial charge >= 0.3 is 0 Å². The summed E-state index contributed by atoms with van der Waals surface area (Å²) in [6, 6.07) is 27.1. The summed E-state index contributed by atoms with van der Waals surface area (Å²) in [6.07, 6.45) is 2.68. The van der Waals surface area contributed by atoms with Gasteiger partial charge in [-0.05, 0) is 102 Å². The minimum atomic E-state index is 0.154. The minimum Gasteiger partial charge on any atom is -0.490 e. The van der Waals surface area contributed by atoms with E-state index < -0.39 is 0 Å². The van der Waals surface area contributed by atoms with Crippen molar-refractivity contribution in [1.29, 1.82) is 0 Å². The smallest absolute Gasteiger partial charge is 0.156 e. The Kier molecular flexibility index (Phi) is 10.3. The molecule has 4 aromatic carbocycles. The molecule has 0 fully saturated rings. The monoisotopic (exact) mass is 562 g/mol. The predicted octanol–water partition coefficient (Wildman–Crippen LogP) is 9.01. The lowest BCUT2D eigenvalue weighted by atomic mass is 9.85. The lowest BCUT2D eigenvalue weighted by molar-refractivity contribution is 0.217. The van der Waals surface area contributed by atoms with Crippen molar-refractivity contribution in [2.24, 2.45) is 0 Å². The first kappa shape index (κ1) is 29.0. The first-order chi connectivity index (χ1) is 18.9. The number of hydrogen-bond donors (Lipinski definition) is 1. The van der Waals surface area contributed by atoms with Crippen molar-refractivity contribution in [2.75, 3.05) is 19.8 Å². The zero-order valence-corrected chi connectivity index (χ0v) is 24.4. The van der Waals surface area contributed by atoms with Crippen molar-refractivity contribution >= 4 is 23.2 Å². The molecule has 0 aliphatic carbocycles. The molecule has 39 heavy (non-hydrogen) atoms. The van der Waals surface area contributed by atoms with Gasteiger partial charge < -0.3 is 14.6 Å². The fourth-order valence-corrected chi connectivity index (χ4v) is 5.76. The lowest BCUT2D eigenvalue weighted by Crippen LogP contribution is -2.09. The number of aliphatic hydroxyl groups excluding tert-OH is 1. The Hall–Kier alpha value is -2.98. The molecule has 0 spiro atoms. The average molecular weight is 564 g/mol. The second kappa shape index (κ2) is 13.9. The van der Waals surface area contributed by atoms with Gasteiger partial charge in [0.25, 0.3) is 0 Å². The molecule has 0 heterocycles. The van der Waals surface area contributed by atoms with E-state index >= 15 is 0 Å². The van der Waals surface area contributed by atoms with Gasteiger partial charge in [-0.1, -0.05) is 84.7 Å². The van der Waals surface area contributed by atoms with E-state index in [-0.39, 0.29) is 6.61 Å². The molecule has 0 saturated carbocycles. The van der Waals surface area contributed by atoms with Crippen LogP contribution in [0, 0.1) is 13.8 Å². The van der Waals surface area contributed by atoms with E-state index in [9.17, 15) is 5.11 Å². The maximum Gasteiger partial charge on any atom is 0.156 e. The van der Waals surface area contributed by atoms with Gasteiger partial charge in [0.15, 0.2) is 5.75 Å². The summed E-state index contributed by atoms with van der Waals surface area (Å²) >= 11 is 12.5. The van der Waals surface area contributed by atoms with Crippen LogP contribution >= 0.6 is 23.2 Å². The Bertz CT molecular complexity index is 1360. The van der Waals surface area contributed by atoms with Gasteiger partial charge in [-0.15, -0.1) is 0 Å². The molecule has 4 aromatic rings. The Morgan fingerprint density at radius 3 is 2.18 bits per heavy atom. The number of aryl methyl sites for hydroxylation is 2. The van der Waals surface area contributed by atoms with E-state index in [4.69, 9.17) is 32.7 Å². The first-order valence-corrected chi connectivity index (χ1v) is 14.2. The summed E-state index contributed by atoms with van der Waals surface area (Å²) in [5, 5.41) is 10.5. The molecule has 0 radical (unpaired) electrons. The highest BCUT2D eigenvalue weighted by atomic mass is 35.5. The number of aliphatic hydroxyl groups is 1. The van der Waals surface area contributed by atoms with Crippen LogP contribution < -0.4 is 9.47 Å². The summed E-state index contributed by atoms with van der Waals surface area (Å²) in [6.45, 7) is 7.29. The highest BCUT2D eigenvalue weighted by Crippen LogP contribution is 2.34. The van der Waals surface area contributed by atoms with E-state index in [0.717, 1.165) is 24.2 Å². The molecule has 3 nitrogen and oxygen atoms in total. The molecule has 0 amide bonds. The van der Waals surface area contributed by atoms with Gasteiger partial charge in [0.05, 0.1) is 10.0 Å². The van der Waals surface area contributed by atoms with Gasteiger partial charge in [-0.3, -0.25) is 0 Å². The molecule has 1 atom stereocenters. The molecule has 4 rings (SSSR count). The average Bonchev–Trinajstić information content (AvgIpc) is 2.92.